The highest BCUT2D eigenvalue weighted by atomic mass is 79.9. The van der Waals surface area contributed by atoms with Crippen LogP contribution in [0.2, 0.25) is 0 Å². The summed E-state index contributed by atoms with van der Waals surface area (Å²) >= 11 is 3.21. The van der Waals surface area contributed by atoms with E-state index in [-0.39, 0.29) is 5.60 Å². The fourth-order valence-corrected chi connectivity index (χ4v) is 2.42. The standard InChI is InChI=1S/C4H8BBrOS2/c1-4(2,7-5)3-8-9-6/h3H2,1-2H3. The molecule has 0 aliphatic rings. The third-order valence-electron chi connectivity index (χ3n) is 0.770. The van der Waals surface area contributed by atoms with Gasteiger partial charge in [-0.05, 0) is 23.1 Å². The van der Waals surface area contributed by atoms with Gasteiger partial charge in [0.1, 0.15) is 0 Å². The van der Waals surface area contributed by atoms with Crippen LogP contribution in [0, 0.1) is 0 Å². The fraction of sp³-hybridized carbons (Fsp3) is 1.00. The highest BCUT2D eigenvalue weighted by molar-refractivity contribution is 9.60. The third-order valence-corrected chi connectivity index (χ3v) is 3.98. The maximum absolute atomic E-state index is 5.01. The second-order valence-corrected chi connectivity index (χ2v) is 6.32. The van der Waals surface area contributed by atoms with Crippen molar-refractivity contribution in [1.82, 2.24) is 0 Å². The van der Waals surface area contributed by atoms with Gasteiger partial charge in [0.2, 0.25) is 0 Å². The molecule has 0 spiro atoms. The summed E-state index contributed by atoms with van der Waals surface area (Å²) in [5, 5.41) is 0. The molecule has 0 rings (SSSR count). The molecule has 0 aliphatic heterocycles. The molecule has 1 nitrogen and oxygen atoms in total. The lowest BCUT2D eigenvalue weighted by Gasteiger charge is -2.21. The van der Waals surface area contributed by atoms with Gasteiger partial charge in [-0.1, -0.05) is 10.8 Å². The van der Waals surface area contributed by atoms with Crippen LogP contribution >= 0.6 is 34.8 Å². The van der Waals surface area contributed by atoms with Crippen LogP contribution in [0.4, 0.5) is 0 Å². The van der Waals surface area contributed by atoms with Gasteiger partial charge in [-0.2, -0.15) is 0 Å². The summed E-state index contributed by atoms with van der Waals surface area (Å²) in [5.41, 5.74) is -0.217. The smallest absolute Gasteiger partial charge is 0.283 e. The van der Waals surface area contributed by atoms with Crippen LogP contribution in [0.25, 0.3) is 0 Å². The topological polar surface area (TPSA) is 9.23 Å². The first-order valence-corrected chi connectivity index (χ1v) is 6.56. The molecule has 0 aromatic heterocycles. The molecule has 0 saturated carbocycles. The predicted molar refractivity (Wildman–Crippen MR) is 49.9 cm³/mol. The van der Waals surface area contributed by atoms with Crippen LogP contribution in [0.1, 0.15) is 13.8 Å². The first kappa shape index (κ1) is 10.2. The molecule has 0 heterocycles. The summed E-state index contributed by atoms with van der Waals surface area (Å²) in [6.07, 6.45) is 0. The summed E-state index contributed by atoms with van der Waals surface area (Å²) in [5.74, 6) is 0.874. The van der Waals surface area contributed by atoms with Crippen molar-refractivity contribution in [1.29, 1.82) is 0 Å². The lowest BCUT2D eigenvalue weighted by Crippen LogP contribution is -2.25. The zero-order chi connectivity index (χ0) is 7.33. The Balaban J connectivity index is 3.33. The lowest BCUT2D eigenvalue weighted by atomic mass is 10.2. The van der Waals surface area contributed by atoms with Gasteiger partial charge in [0.15, 0.2) is 0 Å². The summed E-state index contributed by atoms with van der Waals surface area (Å²) in [6.45, 7) is 3.90. The van der Waals surface area contributed by atoms with E-state index in [1.54, 1.807) is 10.8 Å². The van der Waals surface area contributed by atoms with Crippen LogP contribution in [0.15, 0.2) is 0 Å². The maximum atomic E-state index is 5.01. The van der Waals surface area contributed by atoms with Crippen molar-refractivity contribution in [3.63, 3.8) is 0 Å². The largest absolute Gasteiger partial charge is 0.442 e. The van der Waals surface area contributed by atoms with Crippen LogP contribution in [0.5, 0.6) is 0 Å². The molecule has 0 fully saturated rings. The van der Waals surface area contributed by atoms with Crippen LogP contribution in [-0.2, 0) is 4.65 Å². The molecule has 0 bridgehead atoms. The van der Waals surface area contributed by atoms with E-state index in [2.05, 4.69) is 19.5 Å². The van der Waals surface area contributed by atoms with Gasteiger partial charge in [0.25, 0.3) is 8.05 Å². The third kappa shape index (κ3) is 5.64. The predicted octanol–water partition coefficient (Wildman–Crippen LogP) is 2.56. The minimum Gasteiger partial charge on any atom is -0.442 e. The Bertz CT molecular complexity index is 81.0. The summed E-state index contributed by atoms with van der Waals surface area (Å²) in [6, 6.07) is 0. The van der Waals surface area contributed by atoms with Crippen LogP contribution in [0.3, 0.4) is 0 Å². The summed E-state index contributed by atoms with van der Waals surface area (Å²) in [4.78, 5) is 0. The highest BCUT2D eigenvalue weighted by Gasteiger charge is 2.14. The number of hydrogen-bond donors (Lipinski definition) is 0. The Morgan fingerprint density at radius 2 is 2.22 bits per heavy atom. The monoisotopic (exact) mass is 226 g/mol. The minimum atomic E-state index is -0.217. The molecule has 0 atom stereocenters. The molecule has 0 amide bonds. The number of rotatable bonds is 4. The van der Waals surface area contributed by atoms with Crippen LogP contribution < -0.4 is 0 Å². The summed E-state index contributed by atoms with van der Waals surface area (Å²) in [7, 11) is 8.21. The van der Waals surface area contributed by atoms with Crippen molar-refractivity contribution >= 4 is 42.9 Å². The van der Waals surface area contributed by atoms with Gasteiger partial charge in [-0.3, -0.25) is 0 Å². The number of halogens is 1. The Kier molecular flexibility index (Phi) is 5.60. The lowest BCUT2D eigenvalue weighted by molar-refractivity contribution is 0.152. The molecule has 0 aliphatic carbocycles. The van der Waals surface area contributed by atoms with Crippen molar-refractivity contribution in [3.05, 3.63) is 0 Å². The Labute approximate surface area is 72.7 Å². The first-order valence-electron chi connectivity index (χ1n) is 2.40. The molecule has 0 N–H and O–H groups in total. The molecule has 0 unspecified atom stereocenters. The van der Waals surface area contributed by atoms with E-state index < -0.39 is 0 Å². The quantitative estimate of drug-likeness (QED) is 0.539. The van der Waals surface area contributed by atoms with Crippen molar-refractivity contribution in [2.75, 3.05) is 5.75 Å². The number of hydrogen-bond acceptors (Lipinski definition) is 3. The van der Waals surface area contributed by atoms with E-state index in [1.807, 2.05) is 13.8 Å². The van der Waals surface area contributed by atoms with Crippen molar-refractivity contribution < 1.29 is 4.65 Å². The van der Waals surface area contributed by atoms with Crippen LogP contribution in [-0.4, -0.2) is 19.4 Å². The zero-order valence-electron chi connectivity index (χ0n) is 5.39. The average Bonchev–Trinajstić information content (AvgIpc) is 1.84. The molecule has 0 aromatic carbocycles. The highest BCUT2D eigenvalue weighted by Crippen LogP contribution is 2.31. The normalized spacial score (nSPS) is 11.9. The summed E-state index contributed by atoms with van der Waals surface area (Å²) < 4.78 is 4.68. The Hall–Kier alpha value is 1.20. The molecular formula is C4H8BBrOS2. The SMILES string of the molecule is [B]OC(C)(C)CSSBr. The van der Waals surface area contributed by atoms with Crippen molar-refractivity contribution in [2.24, 2.45) is 0 Å². The van der Waals surface area contributed by atoms with E-state index in [0.29, 0.717) is 0 Å². The maximum Gasteiger partial charge on any atom is 0.283 e. The zero-order valence-corrected chi connectivity index (χ0v) is 8.61. The van der Waals surface area contributed by atoms with E-state index in [1.165, 1.54) is 9.23 Å². The van der Waals surface area contributed by atoms with E-state index in [4.69, 9.17) is 8.05 Å². The molecule has 9 heavy (non-hydrogen) atoms. The molecule has 0 saturated heterocycles. The van der Waals surface area contributed by atoms with Gasteiger partial charge >= 0.3 is 0 Å². The van der Waals surface area contributed by atoms with Gasteiger partial charge in [0, 0.05) is 20.6 Å². The van der Waals surface area contributed by atoms with Crippen molar-refractivity contribution in [2.45, 2.75) is 19.4 Å². The van der Waals surface area contributed by atoms with Gasteiger partial charge < -0.3 is 4.65 Å². The molecule has 2 radical (unpaired) electrons. The average molecular weight is 227 g/mol. The Morgan fingerprint density at radius 3 is 2.56 bits per heavy atom. The van der Waals surface area contributed by atoms with Gasteiger partial charge in [-0.15, -0.1) is 0 Å². The van der Waals surface area contributed by atoms with Gasteiger partial charge in [-0.25, -0.2) is 0 Å². The van der Waals surface area contributed by atoms with Crippen molar-refractivity contribution in [3.8, 4) is 0 Å². The second kappa shape index (κ2) is 4.94. The molecule has 0 aromatic rings. The van der Waals surface area contributed by atoms with E-state index in [9.17, 15) is 0 Å². The minimum absolute atomic E-state index is 0.217. The first-order chi connectivity index (χ1) is 4.12. The molecule has 5 heteroatoms. The van der Waals surface area contributed by atoms with E-state index in [0.717, 1.165) is 5.75 Å². The van der Waals surface area contributed by atoms with Gasteiger partial charge in [0.05, 0.1) is 5.60 Å². The molecular weight excluding hydrogens is 219 g/mol. The molecule has 52 valence electrons. The Morgan fingerprint density at radius 1 is 1.67 bits per heavy atom. The van der Waals surface area contributed by atoms with E-state index >= 15 is 0 Å². The fourth-order valence-electron chi connectivity index (χ4n) is 0.198. The second-order valence-electron chi connectivity index (χ2n) is 2.20.